The number of hydrogen-bond acceptors (Lipinski definition) is 5. The number of benzene rings is 1. The Labute approximate surface area is 129 Å². The first-order valence-electron chi connectivity index (χ1n) is 6.90. The third kappa shape index (κ3) is 2.25. The molecular formula is C17H16N4O. The summed E-state index contributed by atoms with van der Waals surface area (Å²) in [6.07, 6.45) is 3.42. The lowest BCUT2D eigenvalue weighted by molar-refractivity contribution is 0.394. The van der Waals surface area contributed by atoms with Crippen LogP contribution >= 0.6 is 0 Å². The van der Waals surface area contributed by atoms with Crippen LogP contribution in [-0.4, -0.2) is 19.1 Å². The van der Waals surface area contributed by atoms with Crippen LogP contribution in [-0.2, 0) is 0 Å². The van der Waals surface area contributed by atoms with Gasteiger partial charge < -0.3 is 15.4 Å². The highest BCUT2D eigenvalue weighted by atomic mass is 16.5. The van der Waals surface area contributed by atoms with E-state index in [1.54, 1.807) is 12.4 Å². The van der Waals surface area contributed by atoms with Crippen LogP contribution in [0.2, 0.25) is 0 Å². The maximum absolute atomic E-state index is 9.47. The van der Waals surface area contributed by atoms with E-state index in [-0.39, 0.29) is 11.8 Å². The molecule has 110 valence electrons. The van der Waals surface area contributed by atoms with Gasteiger partial charge in [0.1, 0.15) is 17.4 Å². The van der Waals surface area contributed by atoms with Crippen LogP contribution in [0.15, 0.2) is 54.2 Å². The summed E-state index contributed by atoms with van der Waals surface area (Å²) in [5.74, 6) is 0.616. The first-order valence-corrected chi connectivity index (χ1v) is 6.90. The van der Waals surface area contributed by atoms with Crippen molar-refractivity contribution in [3.63, 3.8) is 0 Å². The first kappa shape index (κ1) is 14.0. The molecule has 1 aromatic heterocycles. The standard InChI is InChI=1S/C17H16N4O/c1-21(2)12-3-4-13-15(9-12)22-17(19)14(10-18)16(13)11-5-7-20-8-6-11/h3-9,16H,19H2,1-2H3. The average Bonchev–Trinajstić information content (AvgIpc) is 2.53. The summed E-state index contributed by atoms with van der Waals surface area (Å²) in [6.45, 7) is 0. The Morgan fingerprint density at radius 2 is 1.95 bits per heavy atom. The van der Waals surface area contributed by atoms with Gasteiger partial charge >= 0.3 is 0 Å². The van der Waals surface area contributed by atoms with Crippen LogP contribution in [0.3, 0.4) is 0 Å². The number of pyridine rings is 1. The predicted octanol–water partition coefficient (Wildman–Crippen LogP) is 2.37. The Hall–Kier alpha value is -3.00. The fourth-order valence-corrected chi connectivity index (χ4v) is 2.62. The summed E-state index contributed by atoms with van der Waals surface area (Å²) >= 11 is 0. The van der Waals surface area contributed by atoms with Crippen molar-refractivity contribution in [2.45, 2.75) is 5.92 Å². The zero-order valence-corrected chi connectivity index (χ0v) is 12.4. The summed E-state index contributed by atoms with van der Waals surface area (Å²) in [5, 5.41) is 9.47. The third-order valence-electron chi connectivity index (χ3n) is 3.76. The van der Waals surface area contributed by atoms with Crippen molar-refractivity contribution in [2.75, 3.05) is 19.0 Å². The van der Waals surface area contributed by atoms with Gasteiger partial charge in [-0.05, 0) is 23.8 Å². The molecule has 5 nitrogen and oxygen atoms in total. The molecule has 2 heterocycles. The van der Waals surface area contributed by atoms with Gasteiger partial charge in [-0.2, -0.15) is 5.26 Å². The third-order valence-corrected chi connectivity index (χ3v) is 3.76. The number of aromatic nitrogens is 1. The van der Waals surface area contributed by atoms with Gasteiger partial charge in [-0.15, -0.1) is 0 Å². The monoisotopic (exact) mass is 292 g/mol. The molecule has 0 saturated carbocycles. The minimum absolute atomic E-state index is 0.160. The molecule has 22 heavy (non-hydrogen) atoms. The van der Waals surface area contributed by atoms with Gasteiger partial charge in [-0.25, -0.2) is 0 Å². The molecule has 1 aromatic carbocycles. The van der Waals surface area contributed by atoms with Crippen LogP contribution in [0.25, 0.3) is 0 Å². The summed E-state index contributed by atoms with van der Waals surface area (Å²) in [4.78, 5) is 6.03. The van der Waals surface area contributed by atoms with E-state index >= 15 is 0 Å². The van der Waals surface area contributed by atoms with E-state index < -0.39 is 0 Å². The highest BCUT2D eigenvalue weighted by Gasteiger charge is 2.30. The molecule has 0 spiro atoms. The SMILES string of the molecule is CN(C)c1ccc2c(c1)OC(N)=C(C#N)C2c1ccncc1. The minimum atomic E-state index is -0.229. The molecule has 5 heteroatoms. The molecule has 2 aromatic rings. The van der Waals surface area contributed by atoms with Crippen molar-refractivity contribution in [1.82, 2.24) is 4.98 Å². The first-order chi connectivity index (χ1) is 10.6. The number of fused-ring (bicyclic) bond motifs is 1. The second kappa shape index (κ2) is 5.41. The number of ether oxygens (including phenoxy) is 1. The zero-order chi connectivity index (χ0) is 15.7. The topological polar surface area (TPSA) is 75.2 Å². The molecule has 1 unspecified atom stereocenters. The lowest BCUT2D eigenvalue weighted by Crippen LogP contribution is -2.21. The number of rotatable bonds is 2. The number of nitriles is 1. The maximum Gasteiger partial charge on any atom is 0.205 e. The molecule has 0 radical (unpaired) electrons. The van der Waals surface area contributed by atoms with Crippen LogP contribution in [0.5, 0.6) is 5.75 Å². The molecule has 0 aliphatic carbocycles. The van der Waals surface area contributed by atoms with Gasteiger partial charge in [0.05, 0.1) is 5.92 Å². The molecular weight excluding hydrogens is 276 g/mol. The van der Waals surface area contributed by atoms with E-state index in [9.17, 15) is 5.26 Å². The Morgan fingerprint density at radius 1 is 1.23 bits per heavy atom. The number of nitrogens with two attached hydrogens (primary N) is 1. The molecule has 1 aliphatic heterocycles. The Morgan fingerprint density at radius 3 is 2.59 bits per heavy atom. The normalized spacial score (nSPS) is 16.5. The average molecular weight is 292 g/mol. The van der Waals surface area contributed by atoms with Gasteiger partial charge in [0.15, 0.2) is 0 Å². The lowest BCUT2D eigenvalue weighted by Gasteiger charge is -2.27. The predicted molar refractivity (Wildman–Crippen MR) is 84.3 cm³/mol. The van der Waals surface area contributed by atoms with Gasteiger partial charge in [0.2, 0.25) is 5.88 Å². The summed E-state index contributed by atoms with van der Waals surface area (Å²) in [5.41, 5.74) is 9.31. The van der Waals surface area contributed by atoms with Gasteiger partial charge in [-0.3, -0.25) is 4.98 Å². The van der Waals surface area contributed by atoms with Gasteiger partial charge in [0, 0.05) is 43.8 Å². The van der Waals surface area contributed by atoms with Crippen LogP contribution in [0.1, 0.15) is 17.0 Å². The van der Waals surface area contributed by atoms with Gasteiger partial charge in [-0.1, -0.05) is 6.07 Å². The molecule has 0 amide bonds. The largest absolute Gasteiger partial charge is 0.440 e. The Bertz CT molecular complexity index is 775. The fourth-order valence-electron chi connectivity index (χ4n) is 2.62. The van der Waals surface area contributed by atoms with Crippen LogP contribution < -0.4 is 15.4 Å². The summed E-state index contributed by atoms with van der Waals surface area (Å²) < 4.78 is 5.67. The van der Waals surface area contributed by atoms with E-state index in [1.165, 1.54) is 0 Å². The molecule has 0 fully saturated rings. The number of allylic oxidation sites excluding steroid dienone is 1. The van der Waals surface area contributed by atoms with Crippen molar-refractivity contribution >= 4 is 5.69 Å². The van der Waals surface area contributed by atoms with Gasteiger partial charge in [0.25, 0.3) is 0 Å². The Kier molecular flexibility index (Phi) is 3.43. The lowest BCUT2D eigenvalue weighted by atomic mass is 9.84. The second-order valence-corrected chi connectivity index (χ2v) is 5.32. The quantitative estimate of drug-likeness (QED) is 0.919. The van der Waals surface area contributed by atoms with E-state index in [1.807, 2.05) is 49.3 Å². The van der Waals surface area contributed by atoms with Crippen molar-refractivity contribution in [3.05, 3.63) is 65.3 Å². The van der Waals surface area contributed by atoms with Crippen LogP contribution in [0.4, 0.5) is 5.69 Å². The van der Waals surface area contributed by atoms with Crippen molar-refractivity contribution < 1.29 is 4.74 Å². The van der Waals surface area contributed by atoms with E-state index in [0.717, 1.165) is 16.8 Å². The summed E-state index contributed by atoms with van der Waals surface area (Å²) in [6, 6.07) is 11.9. The highest BCUT2D eigenvalue weighted by Crippen LogP contribution is 2.43. The zero-order valence-electron chi connectivity index (χ0n) is 12.4. The molecule has 3 rings (SSSR count). The molecule has 0 bridgehead atoms. The molecule has 0 saturated heterocycles. The number of anilines is 1. The molecule has 1 atom stereocenters. The van der Waals surface area contributed by atoms with E-state index in [4.69, 9.17) is 10.5 Å². The number of hydrogen-bond donors (Lipinski definition) is 1. The highest BCUT2D eigenvalue weighted by molar-refractivity contribution is 5.61. The van der Waals surface area contributed by atoms with E-state index in [0.29, 0.717) is 11.3 Å². The maximum atomic E-state index is 9.47. The van der Waals surface area contributed by atoms with E-state index in [2.05, 4.69) is 11.1 Å². The molecule has 2 N–H and O–H groups in total. The Balaban J connectivity index is 2.18. The van der Waals surface area contributed by atoms with Crippen molar-refractivity contribution in [2.24, 2.45) is 5.73 Å². The van der Waals surface area contributed by atoms with Crippen molar-refractivity contribution in [3.8, 4) is 11.8 Å². The summed E-state index contributed by atoms with van der Waals surface area (Å²) in [7, 11) is 3.93. The second-order valence-electron chi connectivity index (χ2n) is 5.32. The fraction of sp³-hybridized carbons (Fsp3) is 0.176. The van der Waals surface area contributed by atoms with Crippen molar-refractivity contribution in [1.29, 1.82) is 5.26 Å². The molecule has 1 aliphatic rings. The smallest absolute Gasteiger partial charge is 0.205 e. The number of nitrogens with zero attached hydrogens (tertiary/aromatic N) is 3. The van der Waals surface area contributed by atoms with Crippen LogP contribution in [0, 0.1) is 11.3 Å². The minimum Gasteiger partial charge on any atom is -0.440 e.